The van der Waals surface area contributed by atoms with Gasteiger partial charge in [0.15, 0.2) is 12.6 Å². The van der Waals surface area contributed by atoms with Gasteiger partial charge in [-0.3, -0.25) is 0 Å². The molecule has 4 aromatic rings. The topological polar surface area (TPSA) is 108 Å². The number of fused-ring (bicyclic) bond motifs is 3. The van der Waals surface area contributed by atoms with E-state index in [4.69, 9.17) is 37.9 Å². The number of benzene rings is 4. The average molecular weight is 773 g/mol. The number of hydrogen-bond acceptors (Lipinski definition) is 10. The van der Waals surface area contributed by atoms with E-state index < -0.39 is 36.2 Å². The Morgan fingerprint density at radius 2 is 1.04 bits per heavy atom. The van der Waals surface area contributed by atoms with Crippen molar-refractivity contribution in [2.75, 3.05) is 39.6 Å². The van der Waals surface area contributed by atoms with E-state index in [2.05, 4.69) is 13.8 Å². The van der Waals surface area contributed by atoms with E-state index in [0.717, 1.165) is 47.2 Å². The standard InChI is InChI=1S/C44H46F2O10/c1-6-43(20-49-21-43)24-51-27(4)53-31-10-14-35(39(45)18-31)41(47)55-29-8-12-33-34-13-9-30(17-38(34)26(3)37(33)16-29)56-42(48)36-15-11-32(19-40(36)46)54-28(5)52-25-44(7-2)22-50-23-44/h8-19,26-28H,6-7,20-25H2,1-5H3. The normalized spacial score (nSPS) is 18.4. The third-order valence-corrected chi connectivity index (χ3v) is 11.0. The molecule has 0 N–H and O–H groups in total. The number of rotatable bonds is 16. The lowest BCUT2D eigenvalue weighted by Gasteiger charge is -2.40. The zero-order valence-corrected chi connectivity index (χ0v) is 32.2. The van der Waals surface area contributed by atoms with E-state index in [0.29, 0.717) is 39.6 Å². The maximum absolute atomic E-state index is 15.1. The van der Waals surface area contributed by atoms with Gasteiger partial charge in [0, 0.05) is 28.9 Å². The highest BCUT2D eigenvalue weighted by Crippen LogP contribution is 2.47. The molecule has 2 atom stereocenters. The minimum absolute atomic E-state index is 0.0147. The number of esters is 2. The highest BCUT2D eigenvalue weighted by atomic mass is 19.1. The number of ether oxygens (including phenoxy) is 8. The predicted molar refractivity (Wildman–Crippen MR) is 201 cm³/mol. The molecule has 3 aliphatic rings. The molecule has 56 heavy (non-hydrogen) atoms. The Labute approximate surface area is 324 Å². The van der Waals surface area contributed by atoms with Crippen molar-refractivity contribution in [3.8, 4) is 34.1 Å². The molecule has 0 saturated carbocycles. The Kier molecular flexibility index (Phi) is 11.5. The smallest absolute Gasteiger partial charge is 0.346 e. The summed E-state index contributed by atoms with van der Waals surface area (Å²) in [6, 6.07) is 18.3. The van der Waals surface area contributed by atoms with Crippen molar-refractivity contribution < 1.29 is 56.3 Å². The van der Waals surface area contributed by atoms with Crippen LogP contribution in [-0.2, 0) is 18.9 Å². The van der Waals surface area contributed by atoms with Crippen LogP contribution in [0, 0.1) is 22.5 Å². The fraction of sp³-hybridized carbons (Fsp3) is 0.409. The van der Waals surface area contributed by atoms with E-state index in [9.17, 15) is 9.59 Å². The number of carbonyl (C=O) groups excluding carboxylic acids is 2. The maximum Gasteiger partial charge on any atom is 0.346 e. The molecule has 2 fully saturated rings. The summed E-state index contributed by atoms with van der Waals surface area (Å²) < 4.78 is 75.2. The van der Waals surface area contributed by atoms with E-state index in [1.54, 1.807) is 38.1 Å². The molecular weight excluding hydrogens is 726 g/mol. The van der Waals surface area contributed by atoms with Gasteiger partial charge in [-0.15, -0.1) is 0 Å². The molecule has 4 aromatic carbocycles. The van der Waals surface area contributed by atoms with Crippen molar-refractivity contribution in [3.05, 3.63) is 107 Å². The molecular formula is C44H46F2O10. The third kappa shape index (κ3) is 8.29. The van der Waals surface area contributed by atoms with Gasteiger partial charge in [-0.1, -0.05) is 32.9 Å². The second-order valence-electron chi connectivity index (χ2n) is 15.0. The molecule has 1 aliphatic carbocycles. The highest BCUT2D eigenvalue weighted by molar-refractivity contribution is 5.93. The van der Waals surface area contributed by atoms with E-state index in [-0.39, 0.29) is 50.9 Å². The van der Waals surface area contributed by atoms with E-state index >= 15 is 8.78 Å². The summed E-state index contributed by atoms with van der Waals surface area (Å²) in [5.74, 6) is -2.52. The largest absolute Gasteiger partial charge is 0.465 e. The molecule has 12 heteroatoms. The van der Waals surface area contributed by atoms with E-state index in [1.807, 2.05) is 19.1 Å². The Morgan fingerprint density at radius 3 is 1.38 bits per heavy atom. The van der Waals surface area contributed by atoms with Gasteiger partial charge in [0.1, 0.15) is 34.6 Å². The molecule has 7 rings (SSSR count). The first-order valence-corrected chi connectivity index (χ1v) is 18.9. The molecule has 10 nitrogen and oxygen atoms in total. The van der Waals surface area contributed by atoms with Crippen LogP contribution in [0.4, 0.5) is 8.78 Å². The quantitative estimate of drug-likeness (QED) is 0.0623. The number of hydrogen-bond donors (Lipinski definition) is 0. The van der Waals surface area contributed by atoms with Crippen LogP contribution in [0.5, 0.6) is 23.0 Å². The van der Waals surface area contributed by atoms with Crippen molar-refractivity contribution >= 4 is 11.9 Å². The summed E-state index contributed by atoms with van der Waals surface area (Å²) in [5.41, 5.74) is 3.05. The van der Waals surface area contributed by atoms with Crippen molar-refractivity contribution in [2.24, 2.45) is 10.8 Å². The van der Waals surface area contributed by atoms with Crippen LogP contribution in [0.3, 0.4) is 0 Å². The molecule has 296 valence electrons. The maximum atomic E-state index is 15.1. The van der Waals surface area contributed by atoms with Gasteiger partial charge in [-0.2, -0.15) is 0 Å². The first-order valence-electron chi connectivity index (χ1n) is 18.9. The molecule has 2 aliphatic heterocycles. The summed E-state index contributed by atoms with van der Waals surface area (Å²) in [5, 5.41) is 0. The van der Waals surface area contributed by atoms with Gasteiger partial charge in [-0.05, 0) is 97.5 Å². The van der Waals surface area contributed by atoms with E-state index in [1.165, 1.54) is 24.3 Å². The molecule has 0 bridgehead atoms. The molecule has 0 amide bonds. The Bertz CT molecular complexity index is 1930. The molecule has 0 spiro atoms. The molecule has 2 unspecified atom stereocenters. The average Bonchev–Trinajstić information content (AvgIpc) is 3.41. The highest BCUT2D eigenvalue weighted by Gasteiger charge is 2.38. The lowest BCUT2D eigenvalue weighted by molar-refractivity contribution is -0.182. The predicted octanol–water partition coefficient (Wildman–Crippen LogP) is 8.87. The van der Waals surface area contributed by atoms with Crippen LogP contribution in [-0.4, -0.2) is 64.2 Å². The van der Waals surface area contributed by atoms with Gasteiger partial charge in [-0.25, -0.2) is 18.4 Å². The summed E-state index contributed by atoms with van der Waals surface area (Å²) in [7, 11) is 0. The minimum atomic E-state index is -0.857. The zero-order chi connectivity index (χ0) is 39.6. The lowest BCUT2D eigenvalue weighted by atomic mass is 9.84. The minimum Gasteiger partial charge on any atom is -0.465 e. The van der Waals surface area contributed by atoms with Crippen LogP contribution in [0.15, 0.2) is 72.8 Å². The van der Waals surface area contributed by atoms with Gasteiger partial charge < -0.3 is 37.9 Å². The Balaban J connectivity index is 0.942. The summed E-state index contributed by atoms with van der Waals surface area (Å²) in [4.78, 5) is 26.1. The fourth-order valence-electron chi connectivity index (χ4n) is 6.98. The lowest BCUT2D eigenvalue weighted by Crippen LogP contribution is -2.46. The van der Waals surface area contributed by atoms with Crippen molar-refractivity contribution in [3.63, 3.8) is 0 Å². The summed E-state index contributed by atoms with van der Waals surface area (Å²) >= 11 is 0. The van der Waals surface area contributed by atoms with Crippen LogP contribution in [0.2, 0.25) is 0 Å². The SMILES string of the molecule is CCC1(COC(C)Oc2ccc(C(=O)Oc3ccc4c(c3)C(C)c3cc(OC(=O)c5ccc(OC(C)OCC6(CC)COC6)cc5F)ccc3-4)c(F)c2)COC1. The number of halogens is 2. The molecule has 0 radical (unpaired) electrons. The van der Waals surface area contributed by atoms with Crippen LogP contribution >= 0.6 is 0 Å². The third-order valence-electron chi connectivity index (χ3n) is 11.0. The summed E-state index contributed by atoms with van der Waals surface area (Å²) in [6.07, 6.45) is 0.591. The Hall–Kier alpha value is -4.88. The van der Waals surface area contributed by atoms with Crippen molar-refractivity contribution in [1.82, 2.24) is 0 Å². The first-order chi connectivity index (χ1) is 26.9. The fourth-order valence-corrected chi connectivity index (χ4v) is 6.98. The second kappa shape index (κ2) is 16.3. The van der Waals surface area contributed by atoms with Gasteiger partial charge >= 0.3 is 11.9 Å². The van der Waals surface area contributed by atoms with Gasteiger partial charge in [0.2, 0.25) is 0 Å². The molecule has 0 aromatic heterocycles. The van der Waals surface area contributed by atoms with Gasteiger partial charge in [0.05, 0.1) is 50.8 Å². The van der Waals surface area contributed by atoms with Crippen LogP contribution < -0.4 is 18.9 Å². The zero-order valence-electron chi connectivity index (χ0n) is 32.2. The molecule has 2 saturated heterocycles. The summed E-state index contributed by atoms with van der Waals surface area (Å²) in [6.45, 7) is 13.1. The number of carbonyl (C=O) groups is 2. The van der Waals surface area contributed by atoms with Crippen LogP contribution in [0.1, 0.15) is 85.2 Å². The van der Waals surface area contributed by atoms with Crippen molar-refractivity contribution in [2.45, 2.75) is 66.0 Å². The Morgan fingerprint density at radius 1 is 0.643 bits per heavy atom. The first kappa shape index (κ1) is 39.4. The van der Waals surface area contributed by atoms with Crippen LogP contribution in [0.25, 0.3) is 11.1 Å². The van der Waals surface area contributed by atoms with Gasteiger partial charge in [0.25, 0.3) is 0 Å². The van der Waals surface area contributed by atoms with Crippen molar-refractivity contribution in [1.29, 1.82) is 0 Å². The monoisotopic (exact) mass is 772 g/mol. The molecule has 2 heterocycles. The second-order valence-corrected chi connectivity index (χ2v) is 15.0.